The minimum atomic E-state index is -0.611. The number of hydrogen-bond acceptors (Lipinski definition) is 3. The highest BCUT2D eigenvalue weighted by Crippen LogP contribution is 2.20. The van der Waals surface area contributed by atoms with E-state index in [1.54, 1.807) is 0 Å². The Balaban J connectivity index is 2.19. The van der Waals surface area contributed by atoms with Crippen molar-refractivity contribution in [1.82, 2.24) is 4.90 Å². The van der Waals surface area contributed by atoms with Gasteiger partial charge < -0.3 is 5.11 Å². The fourth-order valence-corrected chi connectivity index (χ4v) is 3.27. The summed E-state index contributed by atoms with van der Waals surface area (Å²) < 4.78 is 0. The van der Waals surface area contributed by atoms with E-state index >= 15 is 0 Å². The van der Waals surface area contributed by atoms with Crippen molar-refractivity contribution in [3.8, 4) is 0 Å². The zero-order valence-corrected chi connectivity index (χ0v) is 16.3. The van der Waals surface area contributed by atoms with E-state index in [1.807, 2.05) is 64.1 Å². The number of carbonyl (C=O) groups is 1. The molecule has 0 saturated heterocycles. The first-order chi connectivity index (χ1) is 12.4. The second-order valence-corrected chi connectivity index (χ2v) is 7.48. The third kappa shape index (κ3) is 5.52. The molecule has 3 nitrogen and oxygen atoms in total. The number of Topliss-reactive ketones (excluding diaryl/α,β-unsaturated/α-hetero) is 1. The standard InChI is InChI=1S/C23H31NO2/c1-17(2)22(25)18(3)23(26)19(4)24(15-20-11-7-5-8-12-20)16-21-13-9-6-10-14-21/h5-14,17-19,22,25H,15-16H2,1-4H3/t18-,19-,22-/m0/s1. The molecule has 3 heteroatoms. The lowest BCUT2D eigenvalue weighted by atomic mass is 9.88. The molecule has 26 heavy (non-hydrogen) atoms. The summed E-state index contributed by atoms with van der Waals surface area (Å²) in [7, 11) is 0. The molecule has 0 bridgehead atoms. The Morgan fingerprint density at radius 3 is 1.65 bits per heavy atom. The van der Waals surface area contributed by atoms with Crippen molar-refractivity contribution in [1.29, 1.82) is 0 Å². The van der Waals surface area contributed by atoms with Gasteiger partial charge in [0, 0.05) is 19.0 Å². The predicted molar refractivity (Wildman–Crippen MR) is 107 cm³/mol. The van der Waals surface area contributed by atoms with E-state index in [4.69, 9.17) is 0 Å². The Morgan fingerprint density at radius 2 is 1.27 bits per heavy atom. The second-order valence-electron chi connectivity index (χ2n) is 7.48. The molecule has 3 atom stereocenters. The molecule has 0 spiro atoms. The largest absolute Gasteiger partial charge is 0.392 e. The van der Waals surface area contributed by atoms with Crippen molar-refractivity contribution >= 4 is 5.78 Å². The fraction of sp³-hybridized carbons (Fsp3) is 0.435. The molecule has 0 saturated carbocycles. The first-order valence-corrected chi connectivity index (χ1v) is 9.43. The van der Waals surface area contributed by atoms with E-state index in [-0.39, 0.29) is 23.7 Å². The number of aliphatic hydroxyl groups is 1. The van der Waals surface area contributed by atoms with Crippen LogP contribution in [0.5, 0.6) is 0 Å². The quantitative estimate of drug-likeness (QED) is 0.731. The molecule has 0 fully saturated rings. The molecule has 140 valence electrons. The van der Waals surface area contributed by atoms with Gasteiger partial charge in [-0.05, 0) is 24.0 Å². The third-order valence-corrected chi connectivity index (χ3v) is 5.06. The minimum Gasteiger partial charge on any atom is -0.392 e. The van der Waals surface area contributed by atoms with Gasteiger partial charge in [0.2, 0.25) is 0 Å². The van der Waals surface area contributed by atoms with Crippen LogP contribution in [0.4, 0.5) is 0 Å². The van der Waals surface area contributed by atoms with Gasteiger partial charge in [-0.25, -0.2) is 0 Å². The van der Waals surface area contributed by atoms with Crippen molar-refractivity contribution in [2.45, 2.75) is 52.9 Å². The first-order valence-electron chi connectivity index (χ1n) is 9.43. The maximum absolute atomic E-state index is 13.0. The summed E-state index contributed by atoms with van der Waals surface area (Å²) >= 11 is 0. The number of hydrogen-bond donors (Lipinski definition) is 1. The number of nitrogens with zero attached hydrogens (tertiary/aromatic N) is 1. The highest BCUT2D eigenvalue weighted by Gasteiger charge is 2.31. The van der Waals surface area contributed by atoms with E-state index in [2.05, 4.69) is 29.2 Å². The molecule has 0 amide bonds. The molecule has 2 aromatic rings. The van der Waals surface area contributed by atoms with Gasteiger partial charge in [-0.3, -0.25) is 9.69 Å². The normalized spacial score (nSPS) is 15.0. The molecule has 0 unspecified atom stereocenters. The molecule has 0 aliphatic rings. The molecule has 1 N–H and O–H groups in total. The Labute approximate surface area is 157 Å². The fourth-order valence-electron chi connectivity index (χ4n) is 3.27. The van der Waals surface area contributed by atoms with Gasteiger partial charge in [0.1, 0.15) is 0 Å². The van der Waals surface area contributed by atoms with Gasteiger partial charge in [-0.2, -0.15) is 0 Å². The van der Waals surface area contributed by atoms with Crippen LogP contribution < -0.4 is 0 Å². The Kier molecular flexibility index (Phi) is 7.55. The highest BCUT2D eigenvalue weighted by atomic mass is 16.3. The molecular formula is C23H31NO2. The lowest BCUT2D eigenvalue weighted by Gasteiger charge is -2.32. The highest BCUT2D eigenvalue weighted by molar-refractivity contribution is 5.86. The molecule has 0 heterocycles. The van der Waals surface area contributed by atoms with Gasteiger partial charge in [0.15, 0.2) is 5.78 Å². The smallest absolute Gasteiger partial charge is 0.155 e. The number of ketones is 1. The van der Waals surface area contributed by atoms with Crippen molar-refractivity contribution in [3.63, 3.8) is 0 Å². The molecule has 0 aliphatic carbocycles. The molecule has 0 aliphatic heterocycles. The van der Waals surface area contributed by atoms with E-state index in [9.17, 15) is 9.90 Å². The number of rotatable bonds is 9. The molecule has 0 aromatic heterocycles. The predicted octanol–water partition coefficient (Wildman–Crippen LogP) is 4.30. The summed E-state index contributed by atoms with van der Waals surface area (Å²) in [5, 5.41) is 10.3. The van der Waals surface area contributed by atoms with Crippen molar-refractivity contribution < 1.29 is 9.90 Å². The van der Waals surface area contributed by atoms with Crippen LogP contribution in [-0.4, -0.2) is 27.9 Å². The Bertz CT molecular complexity index is 628. The van der Waals surface area contributed by atoms with E-state index in [0.717, 1.165) is 0 Å². The van der Waals surface area contributed by atoms with Crippen LogP contribution in [0.2, 0.25) is 0 Å². The van der Waals surface area contributed by atoms with Crippen LogP contribution in [0, 0.1) is 11.8 Å². The van der Waals surface area contributed by atoms with Gasteiger partial charge in [0.25, 0.3) is 0 Å². The van der Waals surface area contributed by atoms with Crippen LogP contribution in [0.15, 0.2) is 60.7 Å². The molecular weight excluding hydrogens is 322 g/mol. The van der Waals surface area contributed by atoms with Crippen LogP contribution in [0.25, 0.3) is 0 Å². The maximum Gasteiger partial charge on any atom is 0.155 e. The summed E-state index contributed by atoms with van der Waals surface area (Å²) in [5.41, 5.74) is 2.36. The summed E-state index contributed by atoms with van der Waals surface area (Å²) in [4.78, 5) is 15.2. The zero-order valence-electron chi connectivity index (χ0n) is 16.3. The van der Waals surface area contributed by atoms with Crippen molar-refractivity contribution in [3.05, 3.63) is 71.8 Å². The van der Waals surface area contributed by atoms with Crippen LogP contribution in [-0.2, 0) is 17.9 Å². The van der Waals surface area contributed by atoms with Gasteiger partial charge >= 0.3 is 0 Å². The number of aliphatic hydroxyl groups excluding tert-OH is 1. The second kappa shape index (κ2) is 9.65. The number of carbonyl (C=O) groups excluding carboxylic acids is 1. The average molecular weight is 354 g/mol. The maximum atomic E-state index is 13.0. The zero-order chi connectivity index (χ0) is 19.1. The average Bonchev–Trinajstić information content (AvgIpc) is 2.66. The lowest BCUT2D eigenvalue weighted by molar-refractivity contribution is -0.132. The lowest BCUT2D eigenvalue weighted by Crippen LogP contribution is -2.44. The molecule has 0 radical (unpaired) electrons. The molecule has 2 aromatic carbocycles. The monoisotopic (exact) mass is 353 g/mol. The molecule has 2 rings (SSSR count). The number of benzene rings is 2. The van der Waals surface area contributed by atoms with Crippen molar-refractivity contribution in [2.24, 2.45) is 11.8 Å². The SMILES string of the molecule is CC(C)[C@H](O)[C@H](C)C(=O)[C@H](C)N(Cc1ccccc1)Cc1ccccc1. The summed E-state index contributed by atoms with van der Waals surface area (Å²) in [5.74, 6) is -0.213. The third-order valence-electron chi connectivity index (χ3n) is 5.06. The first kappa shape index (κ1) is 20.3. The van der Waals surface area contributed by atoms with E-state index in [0.29, 0.717) is 13.1 Å². The van der Waals surface area contributed by atoms with Crippen LogP contribution >= 0.6 is 0 Å². The van der Waals surface area contributed by atoms with Crippen molar-refractivity contribution in [2.75, 3.05) is 0 Å². The van der Waals surface area contributed by atoms with Gasteiger partial charge in [-0.15, -0.1) is 0 Å². The Morgan fingerprint density at radius 1 is 0.846 bits per heavy atom. The van der Waals surface area contributed by atoms with Crippen LogP contribution in [0.1, 0.15) is 38.8 Å². The Hall–Kier alpha value is -1.97. The summed E-state index contributed by atoms with van der Waals surface area (Å²) in [6.45, 7) is 9.10. The summed E-state index contributed by atoms with van der Waals surface area (Å²) in [6, 6.07) is 20.2. The minimum absolute atomic E-state index is 0.0675. The summed E-state index contributed by atoms with van der Waals surface area (Å²) in [6.07, 6.45) is -0.611. The van der Waals surface area contributed by atoms with Gasteiger partial charge in [-0.1, -0.05) is 81.4 Å². The van der Waals surface area contributed by atoms with Gasteiger partial charge in [0.05, 0.1) is 12.1 Å². The van der Waals surface area contributed by atoms with E-state index in [1.165, 1.54) is 11.1 Å². The van der Waals surface area contributed by atoms with E-state index < -0.39 is 6.10 Å². The van der Waals surface area contributed by atoms with Crippen LogP contribution in [0.3, 0.4) is 0 Å². The topological polar surface area (TPSA) is 40.5 Å².